The Balaban J connectivity index is 1.78. The van der Waals surface area contributed by atoms with Crippen LogP contribution in [0.25, 0.3) is 11.4 Å². The summed E-state index contributed by atoms with van der Waals surface area (Å²) in [7, 11) is 0. The number of carbonyl (C=O) groups is 1. The molecule has 1 atom stereocenters. The molecule has 0 saturated carbocycles. The average molecular weight is 319 g/mol. The number of nitrogens with zero attached hydrogens (tertiary/aromatic N) is 4. The molecular weight excluding hydrogens is 302 g/mol. The molecule has 3 rings (SSSR count). The number of aryl methyl sites for hydroxylation is 1. The minimum atomic E-state index is -0.197. The first-order valence-corrected chi connectivity index (χ1v) is 7.60. The molecule has 0 unspecified atom stereocenters. The molecule has 1 N–H and O–H groups in total. The van der Waals surface area contributed by atoms with E-state index in [0.717, 1.165) is 16.8 Å². The zero-order valence-corrected chi connectivity index (χ0v) is 13.5. The van der Waals surface area contributed by atoms with Crippen LogP contribution in [0.5, 0.6) is 0 Å². The van der Waals surface area contributed by atoms with E-state index in [9.17, 15) is 4.79 Å². The molecule has 3 aromatic heterocycles. The highest BCUT2D eigenvalue weighted by atomic mass is 16.1. The first-order chi connectivity index (χ1) is 11.6. The third-order valence-electron chi connectivity index (χ3n) is 3.71. The van der Waals surface area contributed by atoms with Crippen LogP contribution < -0.4 is 5.32 Å². The molecule has 3 heterocycles. The van der Waals surface area contributed by atoms with Crippen molar-refractivity contribution < 1.29 is 4.79 Å². The topological polar surface area (TPSA) is 80.7 Å². The second kappa shape index (κ2) is 6.95. The number of nitrogens with one attached hydrogen (secondary N) is 1. The van der Waals surface area contributed by atoms with Crippen LogP contribution in [0.1, 0.15) is 34.6 Å². The number of carbonyl (C=O) groups excluding carboxylic acids is 1. The molecule has 6 nitrogen and oxygen atoms in total. The highest BCUT2D eigenvalue weighted by Crippen LogP contribution is 2.19. The van der Waals surface area contributed by atoms with E-state index in [1.807, 2.05) is 26.0 Å². The van der Waals surface area contributed by atoms with E-state index in [4.69, 9.17) is 0 Å². The Kier molecular flexibility index (Phi) is 4.56. The van der Waals surface area contributed by atoms with Gasteiger partial charge in [-0.15, -0.1) is 0 Å². The fourth-order valence-corrected chi connectivity index (χ4v) is 2.40. The molecule has 6 heteroatoms. The van der Waals surface area contributed by atoms with Gasteiger partial charge in [-0.05, 0) is 38.1 Å². The fourth-order valence-electron chi connectivity index (χ4n) is 2.40. The molecule has 0 aliphatic heterocycles. The van der Waals surface area contributed by atoms with Crippen LogP contribution in [0, 0.1) is 6.92 Å². The van der Waals surface area contributed by atoms with Gasteiger partial charge in [0.15, 0.2) is 5.82 Å². The van der Waals surface area contributed by atoms with Crippen LogP contribution in [-0.4, -0.2) is 25.8 Å². The first-order valence-electron chi connectivity index (χ1n) is 7.60. The average Bonchev–Trinajstić information content (AvgIpc) is 2.63. The van der Waals surface area contributed by atoms with Crippen LogP contribution in [-0.2, 0) is 0 Å². The lowest BCUT2D eigenvalue weighted by molar-refractivity contribution is 0.0939. The van der Waals surface area contributed by atoms with Crippen molar-refractivity contribution in [3.8, 4) is 11.4 Å². The maximum Gasteiger partial charge on any atom is 0.251 e. The molecule has 3 aromatic rings. The number of pyridine rings is 2. The molecule has 0 radical (unpaired) electrons. The van der Waals surface area contributed by atoms with Crippen molar-refractivity contribution in [2.45, 2.75) is 19.9 Å². The number of hydrogen-bond donors (Lipinski definition) is 1. The van der Waals surface area contributed by atoms with Crippen LogP contribution >= 0.6 is 0 Å². The van der Waals surface area contributed by atoms with Gasteiger partial charge >= 0.3 is 0 Å². The highest BCUT2D eigenvalue weighted by Gasteiger charge is 2.15. The van der Waals surface area contributed by atoms with E-state index < -0.39 is 0 Å². The second-order valence-electron chi connectivity index (χ2n) is 5.40. The highest BCUT2D eigenvalue weighted by molar-refractivity contribution is 5.94. The summed E-state index contributed by atoms with van der Waals surface area (Å²) in [6.45, 7) is 3.83. The Labute approximate surface area is 140 Å². The number of aromatic nitrogens is 4. The van der Waals surface area contributed by atoms with E-state index in [1.54, 1.807) is 43.1 Å². The van der Waals surface area contributed by atoms with Crippen molar-refractivity contribution >= 4 is 5.91 Å². The summed E-state index contributed by atoms with van der Waals surface area (Å²) in [6, 6.07) is 6.89. The van der Waals surface area contributed by atoms with Gasteiger partial charge in [-0.3, -0.25) is 14.8 Å². The van der Waals surface area contributed by atoms with Crippen molar-refractivity contribution in [3.05, 3.63) is 72.1 Å². The van der Waals surface area contributed by atoms with Crippen molar-refractivity contribution in [1.29, 1.82) is 0 Å². The van der Waals surface area contributed by atoms with E-state index >= 15 is 0 Å². The molecule has 0 spiro atoms. The van der Waals surface area contributed by atoms with Crippen LogP contribution in [0.2, 0.25) is 0 Å². The SMILES string of the molecule is Cc1nc(-c2ccncc2)ncc1[C@H](C)NC(=O)c1ccncc1. The molecular formula is C18H17N5O. The third kappa shape index (κ3) is 3.43. The number of rotatable bonds is 4. The zero-order chi connectivity index (χ0) is 16.9. The Morgan fingerprint density at radius 3 is 2.29 bits per heavy atom. The summed E-state index contributed by atoms with van der Waals surface area (Å²) in [5.41, 5.74) is 3.20. The molecule has 0 bridgehead atoms. The largest absolute Gasteiger partial charge is 0.345 e. The van der Waals surface area contributed by atoms with Crippen LogP contribution in [0.4, 0.5) is 0 Å². The summed E-state index contributed by atoms with van der Waals surface area (Å²) in [5, 5.41) is 2.96. The van der Waals surface area contributed by atoms with Crippen molar-refractivity contribution in [2.24, 2.45) is 0 Å². The zero-order valence-electron chi connectivity index (χ0n) is 13.5. The van der Waals surface area contributed by atoms with Crippen LogP contribution in [0.3, 0.4) is 0 Å². The second-order valence-corrected chi connectivity index (χ2v) is 5.40. The lowest BCUT2D eigenvalue weighted by Gasteiger charge is -2.16. The van der Waals surface area contributed by atoms with Gasteiger partial charge in [0, 0.05) is 53.4 Å². The van der Waals surface area contributed by atoms with Gasteiger partial charge < -0.3 is 5.32 Å². The van der Waals surface area contributed by atoms with Gasteiger partial charge in [0.1, 0.15) is 0 Å². The Bertz CT molecular complexity index is 837. The Morgan fingerprint density at radius 2 is 1.67 bits per heavy atom. The molecule has 0 saturated heterocycles. The maximum atomic E-state index is 12.2. The summed E-state index contributed by atoms with van der Waals surface area (Å²) < 4.78 is 0. The minimum Gasteiger partial charge on any atom is -0.345 e. The lowest BCUT2D eigenvalue weighted by atomic mass is 10.1. The third-order valence-corrected chi connectivity index (χ3v) is 3.71. The summed E-state index contributed by atoms with van der Waals surface area (Å²) in [4.78, 5) is 29.1. The van der Waals surface area contributed by atoms with Crippen molar-refractivity contribution in [2.75, 3.05) is 0 Å². The van der Waals surface area contributed by atoms with E-state index in [2.05, 4.69) is 25.3 Å². The summed E-state index contributed by atoms with van der Waals surface area (Å²) in [6.07, 6.45) is 8.36. The number of amides is 1. The first kappa shape index (κ1) is 15.7. The Morgan fingerprint density at radius 1 is 1.04 bits per heavy atom. The number of hydrogen-bond acceptors (Lipinski definition) is 5. The van der Waals surface area contributed by atoms with Gasteiger partial charge in [0.25, 0.3) is 5.91 Å². The smallest absolute Gasteiger partial charge is 0.251 e. The van der Waals surface area contributed by atoms with Gasteiger partial charge in [0.2, 0.25) is 0 Å². The molecule has 0 fully saturated rings. The molecule has 0 aliphatic carbocycles. The fraction of sp³-hybridized carbons (Fsp3) is 0.167. The standard InChI is InChI=1S/C18H17N5O/c1-12-16(11-21-17(22-12)14-3-7-19-8-4-14)13(2)23-18(24)15-5-9-20-10-6-15/h3-11,13H,1-2H3,(H,23,24)/t13-/m0/s1. The molecule has 24 heavy (non-hydrogen) atoms. The molecule has 120 valence electrons. The van der Waals surface area contributed by atoms with Gasteiger partial charge in [-0.2, -0.15) is 0 Å². The van der Waals surface area contributed by atoms with E-state index in [-0.39, 0.29) is 11.9 Å². The quantitative estimate of drug-likeness (QED) is 0.799. The van der Waals surface area contributed by atoms with Gasteiger partial charge in [0.05, 0.1) is 6.04 Å². The van der Waals surface area contributed by atoms with Crippen molar-refractivity contribution in [1.82, 2.24) is 25.3 Å². The minimum absolute atomic E-state index is 0.150. The van der Waals surface area contributed by atoms with E-state index in [0.29, 0.717) is 11.4 Å². The molecule has 1 amide bonds. The van der Waals surface area contributed by atoms with E-state index in [1.165, 1.54) is 0 Å². The predicted molar refractivity (Wildman–Crippen MR) is 90.1 cm³/mol. The Hall–Kier alpha value is -3.15. The summed E-state index contributed by atoms with van der Waals surface area (Å²) >= 11 is 0. The molecule has 0 aliphatic rings. The summed E-state index contributed by atoms with van der Waals surface area (Å²) in [5.74, 6) is 0.494. The predicted octanol–water partition coefficient (Wildman–Crippen LogP) is 2.73. The van der Waals surface area contributed by atoms with Gasteiger partial charge in [-0.25, -0.2) is 9.97 Å². The van der Waals surface area contributed by atoms with Gasteiger partial charge in [-0.1, -0.05) is 0 Å². The monoisotopic (exact) mass is 319 g/mol. The van der Waals surface area contributed by atoms with Crippen molar-refractivity contribution in [3.63, 3.8) is 0 Å². The van der Waals surface area contributed by atoms with Crippen LogP contribution in [0.15, 0.2) is 55.2 Å². The maximum absolute atomic E-state index is 12.2. The lowest BCUT2D eigenvalue weighted by Crippen LogP contribution is -2.27. The normalized spacial score (nSPS) is 11.8. The molecule has 0 aromatic carbocycles.